The Morgan fingerprint density at radius 2 is 0.914 bits per heavy atom. The molecule has 10 aromatic rings. The fourth-order valence-electron chi connectivity index (χ4n) is 9.37. The van der Waals surface area contributed by atoms with Crippen molar-refractivity contribution in [1.82, 2.24) is 9.13 Å². The second-order valence-corrected chi connectivity index (χ2v) is 18.3. The molecule has 0 unspecified atom stereocenters. The second kappa shape index (κ2) is 21.7. The maximum Gasteiger partial charge on any atom is 0.338 e. The molecular formula is C62H50Cl2N2O4. The van der Waals surface area contributed by atoms with Crippen molar-refractivity contribution < 1.29 is 19.1 Å². The molecule has 0 bridgehead atoms. The Hall–Kier alpha value is -7.77. The van der Waals surface area contributed by atoms with Crippen LogP contribution in [0, 0.1) is 0 Å². The van der Waals surface area contributed by atoms with Gasteiger partial charge >= 0.3 is 5.97 Å². The first kappa shape index (κ1) is 47.3. The minimum absolute atomic E-state index is 0.0160. The van der Waals surface area contributed by atoms with Crippen molar-refractivity contribution in [1.29, 1.82) is 0 Å². The predicted octanol–water partition coefficient (Wildman–Crippen LogP) is 14.7. The molecule has 8 aromatic carbocycles. The molecule has 0 saturated heterocycles. The summed E-state index contributed by atoms with van der Waals surface area (Å²) < 4.78 is 9.49. The molecular weight excluding hydrogens is 908 g/mol. The largest absolute Gasteiger partial charge is 0.465 e. The molecule has 0 fully saturated rings. The Morgan fingerprint density at radius 3 is 1.46 bits per heavy atom. The standard InChI is InChI=1S/C31H26ClNO2.C31H24ClNO2/c1-35-31(34)28-19-27(32)16-15-24(28)18-25-13-8-14-29-30(25)26(17-22-9-4-2-5-10-22)21-33(29)20-23-11-6-3-7-12-23;1-21(34)27-18-26(32)16-15-24(27)17-25-13-8-14-29-30(25)28(31(35)23-11-6-3-7-12-23)20-33(29)19-22-9-4-2-5-10-22/h2-16,19,21H,17-18,20H2,1H3;2-16,18,20H,17,19H2,1H3. The number of rotatable bonds is 14. The van der Waals surface area contributed by atoms with Crippen LogP contribution in [0.15, 0.2) is 207 Å². The number of carbonyl (C=O) groups excluding carboxylic acids is 3. The van der Waals surface area contributed by atoms with Crippen LogP contribution in [-0.4, -0.2) is 33.8 Å². The van der Waals surface area contributed by atoms with Gasteiger partial charge in [0.2, 0.25) is 0 Å². The van der Waals surface area contributed by atoms with Crippen LogP contribution in [0.3, 0.4) is 0 Å². The molecule has 8 heteroatoms. The number of benzene rings is 8. The maximum absolute atomic E-state index is 13.7. The number of halogens is 2. The Bertz CT molecular complexity index is 3470. The molecule has 0 saturated carbocycles. The number of Topliss-reactive ketones (excluding diaryl/α,β-unsaturated/α-hetero) is 1. The molecule has 0 aliphatic carbocycles. The van der Waals surface area contributed by atoms with Crippen LogP contribution in [0.5, 0.6) is 0 Å². The molecule has 6 nitrogen and oxygen atoms in total. The molecule has 10 rings (SSSR count). The van der Waals surface area contributed by atoms with Gasteiger partial charge < -0.3 is 13.9 Å². The van der Waals surface area contributed by atoms with E-state index >= 15 is 0 Å². The smallest absolute Gasteiger partial charge is 0.338 e. The number of esters is 1. The van der Waals surface area contributed by atoms with Gasteiger partial charge in [-0.2, -0.15) is 0 Å². The molecule has 0 radical (unpaired) electrons. The van der Waals surface area contributed by atoms with Crippen LogP contribution in [0.1, 0.15) is 88.1 Å². The highest BCUT2D eigenvalue weighted by Gasteiger charge is 2.22. The quantitative estimate of drug-likeness (QED) is 0.0804. The number of carbonyl (C=O) groups is 3. The molecule has 0 atom stereocenters. The molecule has 0 aliphatic rings. The van der Waals surface area contributed by atoms with Gasteiger partial charge in [-0.25, -0.2) is 4.79 Å². The lowest BCUT2D eigenvalue weighted by molar-refractivity contribution is 0.0599. The first-order valence-electron chi connectivity index (χ1n) is 23.2. The SMILES string of the molecule is CC(=O)c1cc(Cl)ccc1Cc1cccc2c1c(C(=O)c1ccccc1)cn2Cc1ccccc1.COC(=O)c1cc(Cl)ccc1Cc1cccc2c1c(Cc1ccccc1)cn2Cc1ccccc1. The van der Waals surface area contributed by atoms with Crippen molar-refractivity contribution in [3.63, 3.8) is 0 Å². The third kappa shape index (κ3) is 10.7. The van der Waals surface area contributed by atoms with E-state index in [0.29, 0.717) is 51.7 Å². The van der Waals surface area contributed by atoms with E-state index in [1.807, 2.05) is 97.2 Å². The number of nitrogens with zero attached hydrogens (tertiary/aromatic N) is 2. The molecule has 2 heterocycles. The number of methoxy groups -OCH3 is 1. The van der Waals surface area contributed by atoms with Crippen LogP contribution in [0.25, 0.3) is 21.8 Å². The summed E-state index contributed by atoms with van der Waals surface area (Å²) in [5.41, 5.74) is 13.5. The fraction of sp³-hybridized carbons (Fsp3) is 0.113. The zero-order valence-electron chi connectivity index (χ0n) is 38.9. The number of hydrogen-bond donors (Lipinski definition) is 0. The van der Waals surface area contributed by atoms with Gasteiger partial charge in [0.15, 0.2) is 11.6 Å². The number of ketones is 2. The van der Waals surface area contributed by atoms with E-state index < -0.39 is 0 Å². The summed E-state index contributed by atoms with van der Waals surface area (Å²) in [6.07, 6.45) is 6.20. The molecule has 70 heavy (non-hydrogen) atoms. The van der Waals surface area contributed by atoms with Gasteiger partial charge in [-0.15, -0.1) is 0 Å². The van der Waals surface area contributed by atoms with Gasteiger partial charge in [0, 0.05) is 74.0 Å². The van der Waals surface area contributed by atoms with E-state index in [0.717, 1.165) is 46.1 Å². The number of hydrogen-bond acceptors (Lipinski definition) is 4. The lowest BCUT2D eigenvalue weighted by Crippen LogP contribution is -2.06. The molecule has 0 N–H and O–H groups in total. The van der Waals surface area contributed by atoms with Gasteiger partial charge in [0.25, 0.3) is 0 Å². The first-order chi connectivity index (χ1) is 34.1. The average Bonchev–Trinajstić information content (AvgIpc) is 3.93. The Labute approximate surface area is 418 Å². The summed E-state index contributed by atoms with van der Waals surface area (Å²) in [6.45, 7) is 3.00. The lowest BCUT2D eigenvalue weighted by atomic mass is 9.93. The third-order valence-electron chi connectivity index (χ3n) is 12.7. The summed E-state index contributed by atoms with van der Waals surface area (Å²) in [5.74, 6) is -0.421. The number of fused-ring (bicyclic) bond motifs is 2. The average molecular weight is 958 g/mol. The van der Waals surface area contributed by atoms with E-state index in [1.165, 1.54) is 40.3 Å². The van der Waals surface area contributed by atoms with Crippen molar-refractivity contribution >= 4 is 62.5 Å². The Morgan fingerprint density at radius 1 is 0.443 bits per heavy atom. The number of ether oxygens (including phenoxy) is 1. The van der Waals surface area contributed by atoms with Crippen molar-refractivity contribution in [3.05, 3.63) is 283 Å². The zero-order valence-corrected chi connectivity index (χ0v) is 40.5. The van der Waals surface area contributed by atoms with Gasteiger partial charge in [-0.05, 0) is 107 Å². The summed E-state index contributed by atoms with van der Waals surface area (Å²) >= 11 is 12.4. The number of aromatic nitrogens is 2. The molecule has 2 aromatic heterocycles. The van der Waals surface area contributed by atoms with Crippen LogP contribution in [0.2, 0.25) is 10.0 Å². The van der Waals surface area contributed by atoms with E-state index in [9.17, 15) is 14.4 Å². The summed E-state index contributed by atoms with van der Waals surface area (Å²) in [7, 11) is 1.40. The van der Waals surface area contributed by atoms with E-state index in [4.69, 9.17) is 27.9 Å². The van der Waals surface area contributed by atoms with Crippen molar-refractivity contribution in [2.24, 2.45) is 0 Å². The Balaban J connectivity index is 0.000000174. The Kier molecular flexibility index (Phi) is 14.6. The third-order valence-corrected chi connectivity index (χ3v) is 13.1. The zero-order chi connectivity index (χ0) is 48.6. The summed E-state index contributed by atoms with van der Waals surface area (Å²) in [6, 6.07) is 64.0. The summed E-state index contributed by atoms with van der Waals surface area (Å²) in [4.78, 5) is 38.5. The van der Waals surface area contributed by atoms with Crippen molar-refractivity contribution in [2.75, 3.05) is 7.11 Å². The molecule has 0 spiro atoms. The maximum atomic E-state index is 13.7. The highest BCUT2D eigenvalue weighted by Crippen LogP contribution is 2.33. The van der Waals surface area contributed by atoms with E-state index in [2.05, 4.69) is 100 Å². The van der Waals surface area contributed by atoms with Crippen LogP contribution in [-0.2, 0) is 37.1 Å². The highest BCUT2D eigenvalue weighted by molar-refractivity contribution is 6.31. The fourth-order valence-corrected chi connectivity index (χ4v) is 9.72. The van der Waals surface area contributed by atoms with Gasteiger partial charge in [0.05, 0.1) is 12.7 Å². The second-order valence-electron chi connectivity index (χ2n) is 17.4. The van der Waals surface area contributed by atoms with E-state index in [-0.39, 0.29) is 17.5 Å². The molecule has 0 aliphatic heterocycles. The lowest BCUT2D eigenvalue weighted by Gasteiger charge is -2.12. The van der Waals surface area contributed by atoms with Crippen molar-refractivity contribution in [2.45, 2.75) is 39.3 Å². The molecule has 346 valence electrons. The normalized spacial score (nSPS) is 11.0. The molecule has 0 amide bonds. The van der Waals surface area contributed by atoms with Gasteiger partial charge in [-0.3, -0.25) is 9.59 Å². The minimum atomic E-state index is -0.374. The van der Waals surface area contributed by atoms with Crippen LogP contribution in [0.4, 0.5) is 0 Å². The van der Waals surface area contributed by atoms with Crippen LogP contribution < -0.4 is 0 Å². The van der Waals surface area contributed by atoms with Gasteiger partial charge in [-0.1, -0.05) is 181 Å². The first-order valence-corrected chi connectivity index (χ1v) is 24.0. The summed E-state index contributed by atoms with van der Waals surface area (Å²) in [5, 5.41) is 3.21. The van der Waals surface area contributed by atoms with E-state index in [1.54, 1.807) is 25.1 Å². The minimum Gasteiger partial charge on any atom is -0.465 e. The van der Waals surface area contributed by atoms with Crippen molar-refractivity contribution in [3.8, 4) is 0 Å². The van der Waals surface area contributed by atoms with Crippen LogP contribution >= 0.6 is 23.2 Å². The predicted molar refractivity (Wildman–Crippen MR) is 284 cm³/mol. The topological polar surface area (TPSA) is 70.3 Å². The highest BCUT2D eigenvalue weighted by atomic mass is 35.5. The monoisotopic (exact) mass is 956 g/mol. The van der Waals surface area contributed by atoms with Gasteiger partial charge in [0.1, 0.15) is 0 Å².